The van der Waals surface area contributed by atoms with Crippen molar-refractivity contribution >= 4 is 21.4 Å². The van der Waals surface area contributed by atoms with E-state index in [1.54, 1.807) is 17.5 Å². The lowest BCUT2D eigenvalue weighted by Crippen LogP contribution is -2.26. The van der Waals surface area contributed by atoms with Gasteiger partial charge in [-0.1, -0.05) is 26.8 Å². The molecule has 1 N–H and O–H groups in total. The fraction of sp³-hybridized carbons (Fsp3) is 0.600. The van der Waals surface area contributed by atoms with Crippen LogP contribution < -0.4 is 4.72 Å². The minimum absolute atomic E-state index is 0.151. The van der Waals surface area contributed by atoms with E-state index in [0.717, 1.165) is 6.42 Å². The van der Waals surface area contributed by atoms with Crippen LogP contribution in [-0.4, -0.2) is 15.0 Å². The zero-order chi connectivity index (χ0) is 11.5. The van der Waals surface area contributed by atoms with Crippen LogP contribution in [0, 0.1) is 5.41 Å². The first-order chi connectivity index (χ1) is 6.81. The molecule has 5 heteroatoms. The van der Waals surface area contributed by atoms with E-state index < -0.39 is 10.0 Å². The number of rotatable bonds is 4. The molecule has 0 saturated carbocycles. The Morgan fingerprint density at radius 2 is 2.07 bits per heavy atom. The first kappa shape index (κ1) is 12.7. The minimum Gasteiger partial charge on any atom is -0.210 e. The van der Waals surface area contributed by atoms with Crippen LogP contribution in [0.1, 0.15) is 27.2 Å². The van der Waals surface area contributed by atoms with Gasteiger partial charge in [-0.2, -0.15) is 0 Å². The smallest absolute Gasteiger partial charge is 0.210 e. The zero-order valence-electron chi connectivity index (χ0n) is 9.28. The summed E-state index contributed by atoms with van der Waals surface area (Å²) in [5.74, 6) is 0. The first-order valence-corrected chi connectivity index (χ1v) is 7.21. The van der Waals surface area contributed by atoms with Gasteiger partial charge < -0.3 is 0 Å². The van der Waals surface area contributed by atoms with Crippen LogP contribution in [0.15, 0.2) is 21.7 Å². The third-order valence-corrected chi connectivity index (χ3v) is 4.79. The molecule has 1 heterocycles. The maximum atomic E-state index is 11.7. The summed E-state index contributed by atoms with van der Waals surface area (Å²) in [6, 6.07) is 3.35. The van der Waals surface area contributed by atoms with E-state index in [0.29, 0.717) is 10.8 Å². The Balaban J connectivity index is 2.53. The Morgan fingerprint density at radius 1 is 1.40 bits per heavy atom. The van der Waals surface area contributed by atoms with Crippen LogP contribution >= 0.6 is 11.3 Å². The second-order valence-corrected chi connectivity index (χ2v) is 7.58. The van der Waals surface area contributed by atoms with Gasteiger partial charge in [-0.25, -0.2) is 13.1 Å². The molecule has 3 nitrogen and oxygen atoms in total. The van der Waals surface area contributed by atoms with E-state index in [1.165, 1.54) is 11.3 Å². The van der Waals surface area contributed by atoms with Crippen molar-refractivity contribution in [1.29, 1.82) is 0 Å². The molecular weight excluding hydrogens is 230 g/mol. The van der Waals surface area contributed by atoms with Gasteiger partial charge in [0.05, 0.1) is 0 Å². The van der Waals surface area contributed by atoms with E-state index in [-0.39, 0.29) is 5.41 Å². The molecule has 0 atom stereocenters. The zero-order valence-corrected chi connectivity index (χ0v) is 10.9. The van der Waals surface area contributed by atoms with E-state index in [4.69, 9.17) is 0 Å². The van der Waals surface area contributed by atoms with Crippen molar-refractivity contribution in [2.24, 2.45) is 5.41 Å². The molecule has 86 valence electrons. The molecule has 0 saturated heterocycles. The molecule has 0 fully saturated rings. The van der Waals surface area contributed by atoms with Gasteiger partial charge in [-0.05, 0) is 23.3 Å². The molecule has 0 spiro atoms. The second kappa shape index (κ2) is 4.63. The molecule has 1 rings (SSSR count). The summed E-state index contributed by atoms with van der Waals surface area (Å²) >= 11 is 1.24. The van der Waals surface area contributed by atoms with E-state index >= 15 is 0 Å². The maximum Gasteiger partial charge on any atom is 0.250 e. The number of hydrogen-bond donors (Lipinski definition) is 1. The van der Waals surface area contributed by atoms with Crippen LogP contribution in [0.2, 0.25) is 0 Å². The molecule has 0 bridgehead atoms. The molecule has 0 unspecified atom stereocenters. The third kappa shape index (κ3) is 4.32. The van der Waals surface area contributed by atoms with Crippen molar-refractivity contribution < 1.29 is 8.42 Å². The molecule has 15 heavy (non-hydrogen) atoms. The van der Waals surface area contributed by atoms with Gasteiger partial charge in [0.15, 0.2) is 0 Å². The molecule has 0 aliphatic carbocycles. The Morgan fingerprint density at radius 3 is 2.53 bits per heavy atom. The molecule has 0 aromatic carbocycles. The van der Waals surface area contributed by atoms with E-state index in [1.807, 2.05) is 0 Å². The molecule has 0 aliphatic rings. The highest BCUT2D eigenvalue weighted by atomic mass is 32.2. The van der Waals surface area contributed by atoms with Crippen molar-refractivity contribution in [3.8, 4) is 0 Å². The van der Waals surface area contributed by atoms with Gasteiger partial charge in [0.25, 0.3) is 0 Å². The Bertz CT molecular complexity index is 388. The van der Waals surface area contributed by atoms with Crippen molar-refractivity contribution in [3.63, 3.8) is 0 Å². The summed E-state index contributed by atoms with van der Waals surface area (Å²) in [6.07, 6.45) is 0.831. The monoisotopic (exact) mass is 247 g/mol. The topological polar surface area (TPSA) is 46.2 Å². The number of sulfonamides is 1. The number of nitrogens with one attached hydrogen (secondary N) is 1. The maximum absolute atomic E-state index is 11.7. The Labute approximate surface area is 95.6 Å². The highest BCUT2D eigenvalue weighted by Crippen LogP contribution is 2.19. The van der Waals surface area contributed by atoms with Crippen LogP contribution in [0.4, 0.5) is 0 Å². The van der Waals surface area contributed by atoms with Gasteiger partial charge in [0, 0.05) is 6.54 Å². The average molecular weight is 247 g/mol. The first-order valence-electron chi connectivity index (χ1n) is 4.84. The standard InChI is InChI=1S/C10H17NO2S2/c1-10(2,3)6-7-11-15(12,13)9-5-4-8-14-9/h4-5,8,11H,6-7H2,1-3H3. The van der Waals surface area contributed by atoms with Crippen LogP contribution in [-0.2, 0) is 10.0 Å². The Kier molecular flexibility index (Phi) is 3.92. The van der Waals surface area contributed by atoms with Gasteiger partial charge in [0.1, 0.15) is 4.21 Å². The van der Waals surface area contributed by atoms with Gasteiger partial charge >= 0.3 is 0 Å². The van der Waals surface area contributed by atoms with Gasteiger partial charge in [-0.3, -0.25) is 0 Å². The van der Waals surface area contributed by atoms with Crippen molar-refractivity contribution in [2.75, 3.05) is 6.54 Å². The molecule has 1 aromatic rings. The Hall–Kier alpha value is -0.390. The van der Waals surface area contributed by atoms with Gasteiger partial charge in [-0.15, -0.1) is 11.3 Å². The molecular formula is C10H17NO2S2. The van der Waals surface area contributed by atoms with Crippen molar-refractivity contribution in [3.05, 3.63) is 17.5 Å². The van der Waals surface area contributed by atoms with Crippen molar-refractivity contribution in [1.82, 2.24) is 4.72 Å². The lowest BCUT2D eigenvalue weighted by Gasteiger charge is -2.17. The van der Waals surface area contributed by atoms with Gasteiger partial charge in [0.2, 0.25) is 10.0 Å². The lowest BCUT2D eigenvalue weighted by atomic mass is 9.93. The SMILES string of the molecule is CC(C)(C)CCNS(=O)(=O)c1cccs1. The molecule has 0 radical (unpaired) electrons. The van der Waals surface area contributed by atoms with Crippen molar-refractivity contribution in [2.45, 2.75) is 31.4 Å². The normalized spacial score (nSPS) is 13.0. The average Bonchev–Trinajstić information content (AvgIpc) is 2.52. The van der Waals surface area contributed by atoms with E-state index in [9.17, 15) is 8.42 Å². The molecule has 1 aromatic heterocycles. The predicted molar refractivity (Wildman–Crippen MR) is 63.6 cm³/mol. The second-order valence-electron chi connectivity index (χ2n) is 4.64. The highest BCUT2D eigenvalue weighted by molar-refractivity contribution is 7.91. The third-order valence-electron chi connectivity index (χ3n) is 1.93. The summed E-state index contributed by atoms with van der Waals surface area (Å²) < 4.78 is 26.3. The fourth-order valence-electron chi connectivity index (χ4n) is 1.05. The largest absolute Gasteiger partial charge is 0.250 e. The quantitative estimate of drug-likeness (QED) is 0.888. The highest BCUT2D eigenvalue weighted by Gasteiger charge is 2.16. The number of thiophene rings is 1. The minimum atomic E-state index is -3.27. The summed E-state index contributed by atoms with van der Waals surface area (Å²) in [5, 5.41) is 1.76. The van der Waals surface area contributed by atoms with Crippen LogP contribution in [0.25, 0.3) is 0 Å². The van der Waals surface area contributed by atoms with E-state index in [2.05, 4.69) is 25.5 Å². The number of hydrogen-bond acceptors (Lipinski definition) is 3. The summed E-state index contributed by atoms with van der Waals surface area (Å²) in [5.41, 5.74) is 0.151. The molecule has 0 aliphatic heterocycles. The predicted octanol–water partition coefficient (Wildman–Crippen LogP) is 2.46. The molecule has 0 amide bonds. The summed E-state index contributed by atoms with van der Waals surface area (Å²) in [7, 11) is -3.27. The van der Waals surface area contributed by atoms with Crippen LogP contribution in [0.5, 0.6) is 0 Å². The lowest BCUT2D eigenvalue weighted by molar-refractivity contribution is 0.378. The summed E-state index contributed by atoms with van der Waals surface area (Å²) in [4.78, 5) is 0. The van der Waals surface area contributed by atoms with Crippen LogP contribution in [0.3, 0.4) is 0 Å². The fourth-order valence-corrected chi connectivity index (χ4v) is 3.12. The summed E-state index contributed by atoms with van der Waals surface area (Å²) in [6.45, 7) is 6.76.